The minimum atomic E-state index is -4.71. The summed E-state index contributed by atoms with van der Waals surface area (Å²) in [5, 5.41) is 29.5. The molecule has 1 spiro atoms. The van der Waals surface area contributed by atoms with Gasteiger partial charge in [-0.3, -0.25) is 19.8 Å². The third kappa shape index (κ3) is 8.98. The number of nitrogens with one attached hydrogen (secondary N) is 3. The molecular formula is C53H64N8O10S2. The summed E-state index contributed by atoms with van der Waals surface area (Å²) in [6.45, 7) is 11.3. The van der Waals surface area contributed by atoms with Crippen LogP contribution in [0.25, 0.3) is 11.0 Å². The van der Waals surface area contributed by atoms with E-state index in [1.807, 2.05) is 42.5 Å². The van der Waals surface area contributed by atoms with Gasteiger partial charge in [-0.05, 0) is 129 Å². The number of aliphatic hydroxyl groups is 1. The normalized spacial score (nSPS) is 27.3. The number of aromatic nitrogens is 2. The standard InChI is InChI=1S/C53H64N8O10S2/c1-31(2)48-37(10-21-72-48)44-29-69-20-18-59(44)35-26-53(27-35)13-16-58(17-14-53)34-4-5-38(41(23-34)60-40-9-19-68-30-46(40)71-51-43(60)22-33-8-15-54-49(33)56-51)50(62)57-73(66,67)36-24-42(61(64)65)47-45(25-36)70-28-39(55-47)32-6-11-52(3,63)12-7-32/h4-5,8,10,15,21-25,31-32,35,39-40,44,46,55,63H,6-7,9,11-14,16-20,26-30H2,1-3H3,(H,54,56)(H,57,62)/t32?,39-,40-,44-,46-,52?/m0/s1. The number of carbonyl (C=O) groups excluding carboxylic acids is 1. The summed E-state index contributed by atoms with van der Waals surface area (Å²) in [5.74, 6) is 0.0404. The van der Waals surface area contributed by atoms with Gasteiger partial charge in [-0.25, -0.2) is 13.1 Å². The van der Waals surface area contributed by atoms with Crippen LogP contribution in [-0.2, 0) is 19.5 Å². The molecule has 5 aromatic rings. The minimum absolute atomic E-state index is 0.00904. The first-order valence-corrected chi connectivity index (χ1v) is 28.3. The first-order chi connectivity index (χ1) is 35.1. The van der Waals surface area contributed by atoms with Crippen molar-refractivity contribution >= 4 is 66.7 Å². The lowest BCUT2D eigenvalue weighted by Gasteiger charge is -2.57. The predicted molar refractivity (Wildman–Crippen MR) is 277 cm³/mol. The van der Waals surface area contributed by atoms with E-state index in [0.717, 1.165) is 75.7 Å². The minimum Gasteiger partial charge on any atom is -0.489 e. The second-order valence-corrected chi connectivity index (χ2v) is 24.7. The fraction of sp³-hybridized carbons (Fsp3) is 0.547. The van der Waals surface area contributed by atoms with Crippen LogP contribution in [0.1, 0.15) is 111 Å². The van der Waals surface area contributed by atoms with Gasteiger partial charge in [0.25, 0.3) is 21.6 Å². The maximum Gasteiger partial charge on any atom is 0.297 e. The number of ether oxygens (including phenoxy) is 4. The monoisotopic (exact) mass is 1040 g/mol. The topological polar surface area (TPSA) is 214 Å². The molecule has 2 aromatic carbocycles. The number of H-pyrrole nitrogens is 1. The molecule has 7 aliphatic rings. The molecule has 3 aromatic heterocycles. The Balaban J connectivity index is 0.832. The number of hydrogen-bond donors (Lipinski definition) is 4. The van der Waals surface area contributed by atoms with Crippen LogP contribution in [0.15, 0.2) is 65.0 Å². The van der Waals surface area contributed by atoms with Crippen molar-refractivity contribution in [2.24, 2.45) is 11.3 Å². The number of aromatic amines is 1. The number of hydrogen-bond acceptors (Lipinski definition) is 16. The predicted octanol–water partition coefficient (Wildman–Crippen LogP) is 8.40. The van der Waals surface area contributed by atoms with Crippen molar-refractivity contribution in [3.63, 3.8) is 0 Å². The highest BCUT2D eigenvalue weighted by Crippen LogP contribution is 2.54. The molecule has 5 aliphatic heterocycles. The van der Waals surface area contributed by atoms with Gasteiger partial charge < -0.3 is 44.2 Å². The molecule has 12 rings (SSSR count). The number of sulfonamides is 1. The number of fused-ring (bicyclic) bond motifs is 4. The Morgan fingerprint density at radius 1 is 0.973 bits per heavy atom. The van der Waals surface area contributed by atoms with Crippen molar-refractivity contribution in [2.45, 2.75) is 125 Å². The SMILES string of the molecule is CC(C)c1sccc1[C@@H]1COCCN1C1CC2(CCN(c3ccc(C(=O)NS(=O)(=O)c4cc5c(c([N+](=O)[O-])c4)N[C@H](C4CCC(C)(O)CC4)CO5)c(N4c5cc6cc[nH]c6nc5O[C@H]5COCC[C@@H]54)c3)CC2)C1. The van der Waals surface area contributed by atoms with Gasteiger partial charge >= 0.3 is 0 Å². The first kappa shape index (κ1) is 48.4. The average molecular weight is 1040 g/mol. The Bertz CT molecular complexity index is 3040. The number of thiophene rings is 1. The number of morpholine rings is 1. The molecular weight excluding hydrogens is 973 g/mol. The zero-order chi connectivity index (χ0) is 50.4. The van der Waals surface area contributed by atoms with Crippen LogP contribution in [-0.4, -0.2) is 122 Å². The van der Waals surface area contributed by atoms with Crippen LogP contribution >= 0.6 is 11.3 Å². The number of carbonyl (C=O) groups is 1. The van der Waals surface area contributed by atoms with Crippen LogP contribution in [0, 0.1) is 21.4 Å². The Labute approximate surface area is 428 Å². The molecule has 20 heteroatoms. The first-order valence-electron chi connectivity index (χ1n) is 26.0. The molecule has 388 valence electrons. The molecule has 0 unspecified atom stereocenters. The molecule has 2 saturated carbocycles. The van der Waals surface area contributed by atoms with Crippen molar-refractivity contribution in [3.8, 4) is 11.6 Å². The van der Waals surface area contributed by atoms with E-state index >= 15 is 0 Å². The Morgan fingerprint density at radius 3 is 2.55 bits per heavy atom. The number of benzene rings is 2. The Morgan fingerprint density at radius 2 is 1.77 bits per heavy atom. The third-order valence-corrected chi connectivity index (χ3v) is 19.6. The summed E-state index contributed by atoms with van der Waals surface area (Å²) in [6.07, 6.45) is 8.90. The van der Waals surface area contributed by atoms with E-state index in [-0.39, 0.29) is 53.1 Å². The second-order valence-electron chi connectivity index (χ2n) is 22.1. The Kier molecular flexibility index (Phi) is 12.4. The fourth-order valence-electron chi connectivity index (χ4n) is 13.0. The molecule has 0 bridgehead atoms. The lowest BCUT2D eigenvalue weighted by Crippen LogP contribution is -2.58. The van der Waals surface area contributed by atoms with Crippen molar-refractivity contribution < 1.29 is 42.2 Å². The maximum absolute atomic E-state index is 14.8. The molecule has 4 atom stereocenters. The highest BCUT2D eigenvalue weighted by molar-refractivity contribution is 7.90. The number of nitrogens with zero attached hydrogens (tertiary/aromatic N) is 5. The molecule has 3 saturated heterocycles. The largest absolute Gasteiger partial charge is 0.489 e. The summed E-state index contributed by atoms with van der Waals surface area (Å²) in [4.78, 5) is 42.9. The van der Waals surface area contributed by atoms with Gasteiger partial charge in [-0.2, -0.15) is 4.98 Å². The molecule has 73 heavy (non-hydrogen) atoms. The molecule has 4 N–H and O–H groups in total. The van der Waals surface area contributed by atoms with Gasteiger partial charge in [0, 0.05) is 66.6 Å². The van der Waals surface area contributed by atoms with Crippen LogP contribution in [0.4, 0.5) is 28.4 Å². The summed E-state index contributed by atoms with van der Waals surface area (Å²) >= 11 is 1.85. The second kappa shape index (κ2) is 18.7. The summed E-state index contributed by atoms with van der Waals surface area (Å²) < 4.78 is 55.7. The van der Waals surface area contributed by atoms with Crippen molar-refractivity contribution in [1.82, 2.24) is 19.6 Å². The average Bonchev–Trinajstić information content (AvgIpc) is 4.06. The number of amides is 1. The number of nitro groups is 1. The zero-order valence-corrected chi connectivity index (χ0v) is 43.1. The molecule has 1 amide bonds. The van der Waals surface area contributed by atoms with Gasteiger partial charge in [0.1, 0.15) is 24.0 Å². The van der Waals surface area contributed by atoms with Crippen LogP contribution in [0.2, 0.25) is 0 Å². The van der Waals surface area contributed by atoms with E-state index in [1.165, 1.54) is 16.5 Å². The highest BCUT2D eigenvalue weighted by atomic mass is 32.2. The van der Waals surface area contributed by atoms with E-state index in [9.17, 15) is 28.4 Å². The highest BCUT2D eigenvalue weighted by Gasteiger charge is 2.50. The van der Waals surface area contributed by atoms with Gasteiger partial charge in [-0.15, -0.1) is 11.3 Å². The number of piperidine rings is 1. The lowest BCUT2D eigenvalue weighted by molar-refractivity contribution is -0.384. The van der Waals surface area contributed by atoms with Crippen molar-refractivity contribution in [1.29, 1.82) is 0 Å². The van der Waals surface area contributed by atoms with Gasteiger partial charge in [-0.1, -0.05) is 13.8 Å². The quantitative estimate of drug-likeness (QED) is 0.0764. The summed E-state index contributed by atoms with van der Waals surface area (Å²) in [5.41, 5.74) is 3.28. The number of rotatable bonds is 10. The van der Waals surface area contributed by atoms with Crippen LogP contribution < -0.4 is 29.3 Å². The van der Waals surface area contributed by atoms with Crippen molar-refractivity contribution in [3.05, 3.63) is 86.2 Å². The molecule has 5 fully saturated rings. The van der Waals surface area contributed by atoms with E-state index in [4.69, 9.17) is 23.9 Å². The molecule has 2 aliphatic carbocycles. The number of pyridine rings is 1. The van der Waals surface area contributed by atoms with Gasteiger partial charge in [0.2, 0.25) is 5.88 Å². The van der Waals surface area contributed by atoms with Gasteiger partial charge in [0.15, 0.2) is 11.4 Å². The van der Waals surface area contributed by atoms with Crippen LogP contribution in [0.3, 0.4) is 0 Å². The number of nitro benzene ring substituents is 1. The molecule has 0 radical (unpaired) electrons. The lowest BCUT2D eigenvalue weighted by atomic mass is 9.59. The molecule has 8 heterocycles. The molecule has 18 nitrogen and oxygen atoms in total. The van der Waals surface area contributed by atoms with E-state index in [2.05, 4.69) is 55.0 Å². The smallest absolute Gasteiger partial charge is 0.297 e. The zero-order valence-electron chi connectivity index (χ0n) is 41.5. The Hall–Kier alpha value is -5.51. The van der Waals surface area contributed by atoms with Crippen molar-refractivity contribution in [2.75, 3.05) is 67.8 Å². The van der Waals surface area contributed by atoms with E-state index in [1.54, 1.807) is 12.3 Å². The maximum atomic E-state index is 14.8. The van der Waals surface area contributed by atoms with Crippen LogP contribution in [0.5, 0.6) is 11.6 Å². The third-order valence-electron chi connectivity index (χ3n) is 17.1. The number of anilines is 4. The van der Waals surface area contributed by atoms with E-state index < -0.39 is 43.1 Å². The summed E-state index contributed by atoms with van der Waals surface area (Å²) in [6, 6.07) is 14.2. The fourth-order valence-corrected chi connectivity index (χ4v) is 14.9. The summed E-state index contributed by atoms with van der Waals surface area (Å²) in [7, 11) is -4.71. The van der Waals surface area contributed by atoms with Gasteiger partial charge in [0.05, 0.1) is 64.6 Å². The van der Waals surface area contributed by atoms with E-state index in [0.29, 0.717) is 80.2 Å².